The number of halogens is 2. The van der Waals surface area contributed by atoms with Crippen molar-refractivity contribution < 1.29 is 31.9 Å². The fourth-order valence-electron chi connectivity index (χ4n) is 3.10. The number of nitrogens with zero attached hydrogens (tertiary/aromatic N) is 1. The van der Waals surface area contributed by atoms with Crippen molar-refractivity contribution in [1.29, 1.82) is 0 Å². The maximum Gasteiger partial charge on any atom is 0.339 e. The summed E-state index contributed by atoms with van der Waals surface area (Å²) in [6, 6.07) is 14.5. The highest BCUT2D eigenvalue weighted by Gasteiger charge is 2.27. The Balaban J connectivity index is 1.91. The second kappa shape index (κ2) is 11.2. The number of nitrogens with one attached hydrogen (secondary N) is 1. The zero-order valence-corrected chi connectivity index (χ0v) is 20.4. The van der Waals surface area contributed by atoms with Crippen LogP contribution in [0.4, 0.5) is 15.8 Å². The average molecular weight is 521 g/mol. The third kappa shape index (κ3) is 6.28. The van der Waals surface area contributed by atoms with E-state index < -0.39 is 34.3 Å². The fraction of sp³-hybridized carbons (Fsp3) is 0.167. The molecule has 0 bridgehead atoms. The molecule has 0 spiro atoms. The van der Waals surface area contributed by atoms with E-state index >= 15 is 0 Å². The summed E-state index contributed by atoms with van der Waals surface area (Å²) < 4.78 is 51.1. The molecule has 0 fully saturated rings. The van der Waals surface area contributed by atoms with E-state index in [9.17, 15) is 22.4 Å². The summed E-state index contributed by atoms with van der Waals surface area (Å²) in [5.74, 6) is -1.48. The van der Waals surface area contributed by atoms with E-state index in [1.165, 1.54) is 61.7 Å². The van der Waals surface area contributed by atoms with E-state index in [0.29, 0.717) is 5.75 Å². The van der Waals surface area contributed by atoms with Crippen molar-refractivity contribution in [3.8, 4) is 5.75 Å². The van der Waals surface area contributed by atoms with Crippen LogP contribution in [-0.4, -0.2) is 40.6 Å². The molecule has 0 aliphatic rings. The van der Waals surface area contributed by atoms with Crippen LogP contribution in [0, 0.1) is 5.82 Å². The number of anilines is 2. The molecule has 3 aromatic carbocycles. The molecule has 0 atom stereocenters. The molecular formula is C24H22ClFN2O6S. The fourth-order valence-corrected chi connectivity index (χ4v) is 4.71. The number of benzene rings is 3. The number of carbonyl (C=O) groups is 2. The molecule has 1 amide bonds. The van der Waals surface area contributed by atoms with Crippen LogP contribution in [0.25, 0.3) is 0 Å². The zero-order valence-electron chi connectivity index (χ0n) is 18.8. The number of ether oxygens (including phenoxy) is 2. The first-order chi connectivity index (χ1) is 16.6. The molecule has 0 unspecified atom stereocenters. The minimum absolute atomic E-state index is 0.0487. The maximum absolute atomic E-state index is 13.5. The largest absolute Gasteiger partial charge is 0.497 e. The third-order valence-electron chi connectivity index (χ3n) is 4.79. The van der Waals surface area contributed by atoms with Crippen molar-refractivity contribution in [3.63, 3.8) is 0 Å². The van der Waals surface area contributed by atoms with Gasteiger partial charge < -0.3 is 14.8 Å². The number of methoxy groups -OCH3 is 1. The monoisotopic (exact) mass is 520 g/mol. The zero-order chi connectivity index (χ0) is 25.6. The van der Waals surface area contributed by atoms with Gasteiger partial charge in [0.15, 0.2) is 0 Å². The van der Waals surface area contributed by atoms with Crippen LogP contribution in [0.1, 0.15) is 17.3 Å². The van der Waals surface area contributed by atoms with Gasteiger partial charge in [-0.25, -0.2) is 17.6 Å². The minimum Gasteiger partial charge on any atom is -0.497 e. The minimum atomic E-state index is -4.22. The summed E-state index contributed by atoms with van der Waals surface area (Å²) in [7, 11) is -2.77. The first-order valence-corrected chi connectivity index (χ1v) is 12.2. The van der Waals surface area contributed by atoms with E-state index in [4.69, 9.17) is 21.1 Å². The summed E-state index contributed by atoms with van der Waals surface area (Å²) in [4.78, 5) is 24.9. The Labute approximate surface area is 207 Å². The lowest BCUT2D eigenvalue weighted by Gasteiger charge is -2.24. The molecule has 0 aliphatic carbocycles. The molecule has 0 saturated carbocycles. The Morgan fingerprint density at radius 1 is 1.03 bits per heavy atom. The molecule has 0 radical (unpaired) electrons. The van der Waals surface area contributed by atoms with Gasteiger partial charge in [-0.1, -0.05) is 11.6 Å². The van der Waals surface area contributed by atoms with Crippen LogP contribution in [0.3, 0.4) is 0 Å². The molecule has 184 valence electrons. The number of rotatable bonds is 9. The van der Waals surface area contributed by atoms with Gasteiger partial charge in [0.1, 0.15) is 18.1 Å². The smallest absolute Gasteiger partial charge is 0.339 e. The highest BCUT2D eigenvalue weighted by atomic mass is 35.5. The summed E-state index contributed by atoms with van der Waals surface area (Å²) >= 11 is 6.05. The molecule has 0 aliphatic heterocycles. The summed E-state index contributed by atoms with van der Waals surface area (Å²) in [5.41, 5.74) is 0.344. The van der Waals surface area contributed by atoms with E-state index in [2.05, 4.69) is 5.32 Å². The summed E-state index contributed by atoms with van der Waals surface area (Å²) in [6.07, 6.45) is 0. The average Bonchev–Trinajstić information content (AvgIpc) is 2.84. The second-order valence-corrected chi connectivity index (χ2v) is 9.40. The third-order valence-corrected chi connectivity index (χ3v) is 6.91. The lowest BCUT2D eigenvalue weighted by molar-refractivity contribution is -0.114. The number of hydrogen-bond acceptors (Lipinski definition) is 6. The Bertz CT molecular complexity index is 1310. The number of hydrogen-bond donors (Lipinski definition) is 1. The topological polar surface area (TPSA) is 102 Å². The molecule has 0 aromatic heterocycles. The van der Waals surface area contributed by atoms with E-state index in [0.717, 1.165) is 16.4 Å². The summed E-state index contributed by atoms with van der Waals surface area (Å²) in [6.45, 7) is 1.16. The first kappa shape index (κ1) is 26.0. The van der Waals surface area contributed by atoms with Gasteiger partial charge in [-0.05, 0) is 73.7 Å². The second-order valence-electron chi connectivity index (χ2n) is 7.13. The van der Waals surface area contributed by atoms with Gasteiger partial charge in [0.2, 0.25) is 5.91 Å². The van der Waals surface area contributed by atoms with Crippen LogP contribution in [-0.2, 0) is 19.6 Å². The Kier molecular flexibility index (Phi) is 8.31. The molecule has 0 heterocycles. The Morgan fingerprint density at radius 3 is 2.29 bits per heavy atom. The highest BCUT2D eigenvalue weighted by Crippen LogP contribution is 2.26. The van der Waals surface area contributed by atoms with Crippen molar-refractivity contribution in [2.24, 2.45) is 0 Å². The molecule has 3 aromatic rings. The molecule has 11 heteroatoms. The highest BCUT2D eigenvalue weighted by molar-refractivity contribution is 7.92. The SMILES string of the molecule is CCOC(=O)c1cc(NC(=O)CN(c2ccc(F)cc2)S(=O)(=O)c2ccc(OC)cc2)ccc1Cl. The Hall–Kier alpha value is -3.63. The van der Waals surface area contributed by atoms with Crippen molar-refractivity contribution in [2.45, 2.75) is 11.8 Å². The van der Waals surface area contributed by atoms with Gasteiger partial charge in [-0.3, -0.25) is 9.10 Å². The quantitative estimate of drug-likeness (QED) is 0.417. The van der Waals surface area contributed by atoms with E-state index in [1.807, 2.05) is 0 Å². The number of carbonyl (C=O) groups excluding carboxylic acids is 2. The van der Waals surface area contributed by atoms with Crippen LogP contribution in [0.2, 0.25) is 5.02 Å². The first-order valence-electron chi connectivity index (χ1n) is 10.3. The number of amides is 1. The number of esters is 1. The normalized spacial score (nSPS) is 11.0. The maximum atomic E-state index is 13.5. The number of sulfonamides is 1. The molecule has 35 heavy (non-hydrogen) atoms. The lowest BCUT2D eigenvalue weighted by atomic mass is 10.2. The van der Waals surface area contributed by atoms with E-state index in [-0.39, 0.29) is 33.5 Å². The summed E-state index contributed by atoms with van der Waals surface area (Å²) in [5, 5.41) is 2.69. The molecular weight excluding hydrogens is 499 g/mol. The van der Waals surface area contributed by atoms with Gasteiger partial charge in [0, 0.05) is 5.69 Å². The lowest BCUT2D eigenvalue weighted by Crippen LogP contribution is -2.38. The van der Waals surface area contributed by atoms with Crippen LogP contribution >= 0.6 is 11.6 Å². The van der Waals surface area contributed by atoms with Gasteiger partial charge in [0.05, 0.1) is 34.9 Å². The van der Waals surface area contributed by atoms with Crippen molar-refractivity contribution in [2.75, 3.05) is 29.9 Å². The Morgan fingerprint density at radius 2 is 1.69 bits per heavy atom. The van der Waals surface area contributed by atoms with Crippen LogP contribution in [0.15, 0.2) is 71.6 Å². The van der Waals surface area contributed by atoms with Gasteiger partial charge in [-0.15, -0.1) is 0 Å². The van der Waals surface area contributed by atoms with Gasteiger partial charge in [0.25, 0.3) is 10.0 Å². The van der Waals surface area contributed by atoms with Crippen molar-refractivity contribution in [3.05, 3.63) is 83.1 Å². The standard InChI is InChI=1S/C24H22ClFN2O6S/c1-3-34-24(30)21-14-17(6-13-22(21)25)27-23(29)15-28(18-7-4-16(26)5-8-18)35(31,32)20-11-9-19(33-2)10-12-20/h4-14H,3,15H2,1-2H3,(H,27,29). The van der Waals surface area contributed by atoms with Crippen molar-refractivity contribution >= 4 is 44.9 Å². The predicted octanol–water partition coefficient (Wildman–Crippen LogP) is 4.50. The van der Waals surface area contributed by atoms with Crippen LogP contribution in [0.5, 0.6) is 5.75 Å². The van der Waals surface area contributed by atoms with Gasteiger partial charge >= 0.3 is 5.97 Å². The molecule has 8 nitrogen and oxygen atoms in total. The van der Waals surface area contributed by atoms with E-state index in [1.54, 1.807) is 6.92 Å². The molecule has 0 saturated heterocycles. The van der Waals surface area contributed by atoms with Crippen LogP contribution < -0.4 is 14.4 Å². The van der Waals surface area contributed by atoms with Gasteiger partial charge in [-0.2, -0.15) is 0 Å². The predicted molar refractivity (Wildman–Crippen MR) is 130 cm³/mol. The molecule has 3 rings (SSSR count). The molecule has 1 N–H and O–H groups in total. The van der Waals surface area contributed by atoms with Crippen molar-refractivity contribution in [1.82, 2.24) is 0 Å².